The second-order valence-corrected chi connectivity index (χ2v) is 8.22. The van der Waals surface area contributed by atoms with E-state index in [2.05, 4.69) is 4.72 Å². The Kier molecular flexibility index (Phi) is 5.29. The molecule has 0 radical (unpaired) electrons. The molecule has 1 rings (SSSR count). The molecule has 0 spiro atoms. The van der Waals surface area contributed by atoms with Crippen LogP contribution >= 0.6 is 12.2 Å². The molecular formula is C14H22N2O2S2. The summed E-state index contributed by atoms with van der Waals surface area (Å²) in [7, 11) is -3.36. The van der Waals surface area contributed by atoms with Crippen molar-refractivity contribution < 1.29 is 8.42 Å². The van der Waals surface area contributed by atoms with E-state index in [4.69, 9.17) is 18.0 Å². The number of nitrogens with one attached hydrogen (secondary N) is 1. The molecule has 0 fully saturated rings. The quantitative estimate of drug-likeness (QED) is 0.817. The minimum absolute atomic E-state index is 0.0506. The second kappa shape index (κ2) is 6.20. The third kappa shape index (κ3) is 5.19. The average molecular weight is 314 g/mol. The van der Waals surface area contributed by atoms with Crippen molar-refractivity contribution in [1.29, 1.82) is 0 Å². The van der Waals surface area contributed by atoms with Crippen LogP contribution < -0.4 is 10.5 Å². The first kappa shape index (κ1) is 17.1. The molecule has 0 saturated heterocycles. The summed E-state index contributed by atoms with van der Waals surface area (Å²) in [6, 6.07) is 6.80. The smallest absolute Gasteiger partial charge is 0.216 e. The first-order chi connectivity index (χ1) is 9.01. The van der Waals surface area contributed by atoms with Gasteiger partial charge in [0.25, 0.3) is 0 Å². The molecule has 1 aromatic carbocycles. The first-order valence-corrected chi connectivity index (χ1v) is 8.46. The van der Waals surface area contributed by atoms with Gasteiger partial charge in [0.15, 0.2) is 0 Å². The Morgan fingerprint density at radius 3 is 2.20 bits per heavy atom. The summed E-state index contributed by atoms with van der Waals surface area (Å²) in [5.41, 5.74) is 6.82. The highest BCUT2D eigenvalue weighted by atomic mass is 32.2. The normalized spacial score (nSPS) is 14.0. The van der Waals surface area contributed by atoms with Crippen molar-refractivity contribution >= 4 is 27.2 Å². The summed E-state index contributed by atoms with van der Waals surface area (Å²) >= 11 is 4.86. The minimum atomic E-state index is -3.36. The molecule has 0 aliphatic carbocycles. The average Bonchev–Trinajstić information content (AvgIpc) is 2.27. The van der Waals surface area contributed by atoms with E-state index in [1.165, 1.54) is 0 Å². The molecule has 3 N–H and O–H groups in total. The molecule has 0 saturated carbocycles. The fourth-order valence-electron chi connectivity index (χ4n) is 1.47. The van der Waals surface area contributed by atoms with Crippen LogP contribution in [0.5, 0.6) is 0 Å². The fraction of sp³-hybridized carbons (Fsp3) is 0.500. The van der Waals surface area contributed by atoms with Gasteiger partial charge in [0, 0.05) is 11.6 Å². The molecular weight excluding hydrogens is 292 g/mol. The summed E-state index contributed by atoms with van der Waals surface area (Å²) in [4.78, 5) is 0.305. The molecule has 0 bridgehead atoms. The van der Waals surface area contributed by atoms with Gasteiger partial charge in [-0.05, 0) is 17.9 Å². The number of nitrogens with two attached hydrogens (primary N) is 1. The molecule has 0 amide bonds. The lowest BCUT2D eigenvalue weighted by atomic mass is 9.89. The lowest BCUT2D eigenvalue weighted by Crippen LogP contribution is -2.41. The maximum Gasteiger partial charge on any atom is 0.216 e. The third-order valence-corrected chi connectivity index (χ3v) is 4.91. The van der Waals surface area contributed by atoms with Crippen LogP contribution in [0.1, 0.15) is 38.8 Å². The Morgan fingerprint density at radius 2 is 1.80 bits per heavy atom. The molecule has 0 heterocycles. The van der Waals surface area contributed by atoms with Crippen LogP contribution in [0.3, 0.4) is 0 Å². The van der Waals surface area contributed by atoms with Crippen molar-refractivity contribution in [3.63, 3.8) is 0 Å². The first-order valence-electron chi connectivity index (χ1n) is 6.40. The maximum absolute atomic E-state index is 12.1. The Bertz CT molecular complexity index is 572. The summed E-state index contributed by atoms with van der Waals surface area (Å²) in [6.07, 6.45) is 0. The molecule has 0 aliphatic rings. The molecule has 0 aliphatic heterocycles. The number of rotatable bonds is 5. The van der Waals surface area contributed by atoms with Gasteiger partial charge in [0.1, 0.15) is 4.99 Å². The van der Waals surface area contributed by atoms with Gasteiger partial charge in [-0.25, -0.2) is 13.1 Å². The van der Waals surface area contributed by atoms with E-state index >= 15 is 0 Å². The highest BCUT2D eigenvalue weighted by Crippen LogP contribution is 2.20. The number of hydrogen-bond acceptors (Lipinski definition) is 3. The Morgan fingerprint density at radius 1 is 1.30 bits per heavy atom. The van der Waals surface area contributed by atoms with Crippen LogP contribution in [-0.2, 0) is 15.8 Å². The molecule has 1 aromatic rings. The highest BCUT2D eigenvalue weighted by molar-refractivity contribution is 7.88. The zero-order valence-corrected chi connectivity index (χ0v) is 13.9. The lowest BCUT2D eigenvalue weighted by Gasteiger charge is -2.27. The van der Waals surface area contributed by atoms with Gasteiger partial charge in [-0.3, -0.25) is 0 Å². The van der Waals surface area contributed by atoms with E-state index in [0.717, 1.165) is 5.56 Å². The van der Waals surface area contributed by atoms with Crippen molar-refractivity contribution in [2.24, 2.45) is 11.1 Å². The molecule has 6 heteroatoms. The predicted octanol–water partition coefficient (Wildman–Crippen LogP) is 2.17. The monoisotopic (exact) mass is 314 g/mol. The Labute approximate surface area is 126 Å². The van der Waals surface area contributed by atoms with Gasteiger partial charge in [-0.15, -0.1) is 0 Å². The van der Waals surface area contributed by atoms with Gasteiger partial charge in [0.2, 0.25) is 10.0 Å². The summed E-state index contributed by atoms with van der Waals surface area (Å²) < 4.78 is 26.9. The van der Waals surface area contributed by atoms with E-state index in [1.54, 1.807) is 24.3 Å². The Balaban J connectivity index is 2.79. The van der Waals surface area contributed by atoms with Crippen LogP contribution in [-0.4, -0.2) is 19.4 Å². The van der Waals surface area contributed by atoms with Gasteiger partial charge in [-0.2, -0.15) is 0 Å². The number of hydrogen-bond donors (Lipinski definition) is 2. The van der Waals surface area contributed by atoms with Crippen LogP contribution in [0.2, 0.25) is 0 Å². The highest BCUT2D eigenvalue weighted by Gasteiger charge is 2.24. The van der Waals surface area contributed by atoms with E-state index in [0.29, 0.717) is 10.6 Å². The van der Waals surface area contributed by atoms with Gasteiger partial charge in [-0.1, -0.05) is 57.3 Å². The second-order valence-electron chi connectivity index (χ2n) is 6.03. The zero-order valence-electron chi connectivity index (χ0n) is 12.3. The van der Waals surface area contributed by atoms with E-state index in [-0.39, 0.29) is 17.2 Å². The summed E-state index contributed by atoms with van der Waals surface area (Å²) in [6.45, 7) is 7.86. The van der Waals surface area contributed by atoms with Crippen molar-refractivity contribution in [1.82, 2.24) is 4.72 Å². The lowest BCUT2D eigenvalue weighted by molar-refractivity contribution is 0.317. The van der Waals surface area contributed by atoms with Crippen LogP contribution in [0.15, 0.2) is 24.3 Å². The molecule has 0 aromatic heterocycles. The van der Waals surface area contributed by atoms with Crippen LogP contribution in [0.4, 0.5) is 0 Å². The summed E-state index contributed by atoms with van der Waals surface area (Å²) in [5.74, 6) is -0.0506. The maximum atomic E-state index is 12.1. The number of sulfonamides is 1. The number of benzene rings is 1. The molecule has 1 atom stereocenters. The van der Waals surface area contributed by atoms with Crippen molar-refractivity contribution in [2.45, 2.75) is 39.5 Å². The largest absolute Gasteiger partial charge is 0.389 e. The molecule has 1 unspecified atom stereocenters. The van der Waals surface area contributed by atoms with Gasteiger partial charge < -0.3 is 5.73 Å². The molecule has 112 valence electrons. The van der Waals surface area contributed by atoms with Crippen LogP contribution in [0, 0.1) is 5.41 Å². The minimum Gasteiger partial charge on any atom is -0.389 e. The third-order valence-electron chi connectivity index (χ3n) is 3.25. The number of thiocarbonyl (C=S) groups is 1. The van der Waals surface area contributed by atoms with Crippen LogP contribution in [0.25, 0.3) is 0 Å². The standard InChI is InChI=1S/C14H22N2O2S2/c1-10(14(2,3)4)16-20(17,18)9-11-5-7-12(8-6-11)13(15)19/h5-8,10,16H,9H2,1-4H3,(H2,15,19). The SMILES string of the molecule is CC(NS(=O)(=O)Cc1ccc(C(N)=S)cc1)C(C)(C)C. The van der Waals surface area contributed by atoms with Crippen molar-refractivity contribution in [2.75, 3.05) is 0 Å². The summed E-state index contributed by atoms with van der Waals surface area (Å²) in [5, 5.41) is 0. The topological polar surface area (TPSA) is 72.2 Å². The zero-order chi connectivity index (χ0) is 15.6. The predicted molar refractivity (Wildman–Crippen MR) is 87.0 cm³/mol. The van der Waals surface area contributed by atoms with Crippen molar-refractivity contribution in [3.05, 3.63) is 35.4 Å². The van der Waals surface area contributed by atoms with E-state index in [9.17, 15) is 8.42 Å². The van der Waals surface area contributed by atoms with E-state index < -0.39 is 10.0 Å². The fourth-order valence-corrected chi connectivity index (χ4v) is 3.22. The van der Waals surface area contributed by atoms with Gasteiger partial charge >= 0.3 is 0 Å². The van der Waals surface area contributed by atoms with Crippen molar-refractivity contribution in [3.8, 4) is 0 Å². The Hall–Kier alpha value is -0.980. The molecule has 4 nitrogen and oxygen atoms in total. The van der Waals surface area contributed by atoms with Gasteiger partial charge in [0.05, 0.1) is 5.75 Å². The molecule has 20 heavy (non-hydrogen) atoms. The van der Waals surface area contributed by atoms with E-state index in [1.807, 2.05) is 27.7 Å².